The van der Waals surface area contributed by atoms with Gasteiger partial charge >= 0.3 is 5.97 Å². The number of hydrogen-bond donors (Lipinski definition) is 3. The standard InChI is InChI=1S/C64H123NO5/c1-3-5-7-9-11-13-15-17-19-20-21-22-25-29-32-36-40-44-48-52-56-62(67)61(60-66)65-63(68)57-53-49-45-41-37-33-30-26-23-24-27-31-35-39-43-47-51-55-59-70-64(69)58-54-50-46-42-38-34-28-18-16-14-12-10-8-6-4-2/h12,14,18,28,61-62,66-67H,3-11,13,15-17,19-27,29-60H2,1-2H3,(H,65,68)/b14-12-,28-18-. The van der Waals surface area contributed by atoms with Crippen LogP contribution in [0.15, 0.2) is 24.3 Å². The van der Waals surface area contributed by atoms with Crippen LogP contribution in [0.2, 0.25) is 0 Å². The van der Waals surface area contributed by atoms with Crippen LogP contribution in [-0.2, 0) is 14.3 Å². The maximum Gasteiger partial charge on any atom is 0.305 e. The molecular formula is C64H123NO5. The molecule has 3 N–H and O–H groups in total. The molecular weight excluding hydrogens is 863 g/mol. The number of carbonyl (C=O) groups is 2. The molecule has 6 nitrogen and oxygen atoms in total. The average Bonchev–Trinajstić information content (AvgIpc) is 3.36. The summed E-state index contributed by atoms with van der Waals surface area (Å²) >= 11 is 0. The maximum absolute atomic E-state index is 12.5. The van der Waals surface area contributed by atoms with Crippen molar-refractivity contribution in [1.82, 2.24) is 5.32 Å². The molecule has 70 heavy (non-hydrogen) atoms. The van der Waals surface area contributed by atoms with Gasteiger partial charge in [-0.05, 0) is 57.8 Å². The lowest BCUT2D eigenvalue weighted by Gasteiger charge is -2.22. The second-order valence-electron chi connectivity index (χ2n) is 21.7. The first-order chi connectivity index (χ1) is 34.5. The van der Waals surface area contributed by atoms with Crippen molar-refractivity contribution < 1.29 is 24.5 Å². The zero-order valence-corrected chi connectivity index (χ0v) is 47.3. The highest BCUT2D eigenvalue weighted by Gasteiger charge is 2.20. The smallest absolute Gasteiger partial charge is 0.305 e. The average molecular weight is 987 g/mol. The molecule has 0 fully saturated rings. The summed E-state index contributed by atoms with van der Waals surface area (Å²) in [7, 11) is 0. The van der Waals surface area contributed by atoms with E-state index in [4.69, 9.17) is 4.74 Å². The third-order valence-corrected chi connectivity index (χ3v) is 14.8. The van der Waals surface area contributed by atoms with E-state index in [1.54, 1.807) is 0 Å². The van der Waals surface area contributed by atoms with Crippen molar-refractivity contribution in [3.63, 3.8) is 0 Å². The third kappa shape index (κ3) is 55.7. The Balaban J connectivity index is 3.41. The molecule has 0 aromatic carbocycles. The van der Waals surface area contributed by atoms with Crippen molar-refractivity contribution in [1.29, 1.82) is 0 Å². The summed E-state index contributed by atoms with van der Waals surface area (Å²) in [5.41, 5.74) is 0. The number of aliphatic hydroxyl groups is 2. The number of allylic oxidation sites excluding steroid dienone is 4. The molecule has 1 amide bonds. The second-order valence-corrected chi connectivity index (χ2v) is 21.7. The highest BCUT2D eigenvalue weighted by molar-refractivity contribution is 5.76. The lowest BCUT2D eigenvalue weighted by atomic mass is 10.0. The van der Waals surface area contributed by atoms with Gasteiger partial charge in [0.1, 0.15) is 0 Å². The van der Waals surface area contributed by atoms with Crippen LogP contribution in [-0.4, -0.2) is 47.4 Å². The summed E-state index contributed by atoms with van der Waals surface area (Å²) in [5, 5.41) is 23.4. The second kappa shape index (κ2) is 59.9. The van der Waals surface area contributed by atoms with E-state index in [0.29, 0.717) is 25.9 Å². The van der Waals surface area contributed by atoms with Crippen LogP contribution in [0.1, 0.15) is 348 Å². The monoisotopic (exact) mass is 986 g/mol. The van der Waals surface area contributed by atoms with Gasteiger partial charge in [-0.25, -0.2) is 0 Å². The van der Waals surface area contributed by atoms with Crippen LogP contribution >= 0.6 is 0 Å². The molecule has 0 bridgehead atoms. The van der Waals surface area contributed by atoms with Crippen molar-refractivity contribution in [3.8, 4) is 0 Å². The molecule has 414 valence electrons. The van der Waals surface area contributed by atoms with Gasteiger partial charge in [0.15, 0.2) is 0 Å². The predicted molar refractivity (Wildman–Crippen MR) is 306 cm³/mol. The van der Waals surface area contributed by atoms with E-state index in [9.17, 15) is 19.8 Å². The lowest BCUT2D eigenvalue weighted by Crippen LogP contribution is -2.45. The van der Waals surface area contributed by atoms with Gasteiger partial charge in [-0.3, -0.25) is 9.59 Å². The molecule has 0 radical (unpaired) electrons. The molecule has 2 unspecified atom stereocenters. The molecule has 0 aliphatic heterocycles. The number of unbranched alkanes of at least 4 members (excludes halogenated alkanes) is 44. The van der Waals surface area contributed by atoms with E-state index < -0.39 is 12.1 Å². The Kier molecular flexibility index (Phi) is 58.5. The number of carbonyl (C=O) groups excluding carboxylic acids is 2. The molecule has 0 spiro atoms. The Labute approximate surface area is 437 Å². The number of aliphatic hydroxyl groups excluding tert-OH is 2. The third-order valence-electron chi connectivity index (χ3n) is 14.8. The minimum atomic E-state index is -0.668. The summed E-state index contributed by atoms with van der Waals surface area (Å²) in [4.78, 5) is 24.6. The highest BCUT2D eigenvalue weighted by atomic mass is 16.5. The minimum absolute atomic E-state index is 0.00593. The van der Waals surface area contributed by atoms with Gasteiger partial charge in [-0.1, -0.05) is 301 Å². The molecule has 0 heterocycles. The lowest BCUT2D eigenvalue weighted by molar-refractivity contribution is -0.143. The summed E-state index contributed by atoms with van der Waals surface area (Å²) in [6.45, 7) is 4.94. The largest absolute Gasteiger partial charge is 0.466 e. The minimum Gasteiger partial charge on any atom is -0.466 e. The Hall–Kier alpha value is -1.66. The number of amides is 1. The number of rotatable bonds is 59. The molecule has 0 aliphatic carbocycles. The van der Waals surface area contributed by atoms with Crippen molar-refractivity contribution in [2.45, 2.75) is 360 Å². The Morgan fingerprint density at radius 1 is 0.400 bits per heavy atom. The van der Waals surface area contributed by atoms with Gasteiger partial charge in [0.05, 0.1) is 25.4 Å². The fraction of sp³-hybridized carbons (Fsp3) is 0.906. The van der Waals surface area contributed by atoms with Gasteiger partial charge < -0.3 is 20.3 Å². The topological polar surface area (TPSA) is 95.9 Å². The molecule has 0 saturated heterocycles. The van der Waals surface area contributed by atoms with E-state index in [0.717, 1.165) is 51.4 Å². The van der Waals surface area contributed by atoms with E-state index >= 15 is 0 Å². The molecule has 0 aromatic rings. The van der Waals surface area contributed by atoms with E-state index in [1.165, 1.54) is 263 Å². The highest BCUT2D eigenvalue weighted by Crippen LogP contribution is 2.18. The number of nitrogens with one attached hydrogen (secondary N) is 1. The summed E-state index contributed by atoms with van der Waals surface area (Å²) < 4.78 is 5.48. The number of esters is 1. The zero-order chi connectivity index (χ0) is 50.7. The van der Waals surface area contributed by atoms with E-state index in [1.807, 2.05) is 0 Å². The molecule has 6 heteroatoms. The normalized spacial score (nSPS) is 12.7. The molecule has 0 aromatic heterocycles. The fourth-order valence-corrected chi connectivity index (χ4v) is 9.91. The molecule has 2 atom stereocenters. The summed E-state index contributed by atoms with van der Waals surface area (Å²) in [6, 6.07) is -0.546. The first-order valence-electron chi connectivity index (χ1n) is 31.6. The van der Waals surface area contributed by atoms with Crippen LogP contribution in [0.4, 0.5) is 0 Å². The first-order valence-corrected chi connectivity index (χ1v) is 31.6. The van der Waals surface area contributed by atoms with Crippen LogP contribution in [0.3, 0.4) is 0 Å². The summed E-state index contributed by atoms with van der Waals surface area (Å²) in [6.07, 6.45) is 73.2. The zero-order valence-electron chi connectivity index (χ0n) is 47.3. The van der Waals surface area contributed by atoms with Gasteiger partial charge in [-0.2, -0.15) is 0 Å². The first kappa shape index (κ1) is 68.3. The summed E-state index contributed by atoms with van der Waals surface area (Å²) in [5.74, 6) is -0.0419. The Morgan fingerprint density at radius 3 is 1.11 bits per heavy atom. The molecule has 0 saturated carbocycles. The van der Waals surface area contributed by atoms with Crippen LogP contribution in [0, 0.1) is 0 Å². The Morgan fingerprint density at radius 2 is 0.714 bits per heavy atom. The van der Waals surface area contributed by atoms with Crippen molar-refractivity contribution >= 4 is 11.9 Å². The maximum atomic E-state index is 12.5. The predicted octanol–water partition coefficient (Wildman–Crippen LogP) is 19.8. The molecule has 0 rings (SSSR count). The van der Waals surface area contributed by atoms with E-state index in [2.05, 4.69) is 43.5 Å². The van der Waals surface area contributed by atoms with Gasteiger partial charge in [0.2, 0.25) is 5.91 Å². The van der Waals surface area contributed by atoms with Crippen LogP contribution < -0.4 is 5.32 Å². The van der Waals surface area contributed by atoms with Crippen molar-refractivity contribution in [2.75, 3.05) is 13.2 Å². The van der Waals surface area contributed by atoms with E-state index in [-0.39, 0.29) is 18.5 Å². The molecule has 0 aliphatic rings. The van der Waals surface area contributed by atoms with Gasteiger partial charge in [0.25, 0.3) is 0 Å². The quantitative estimate of drug-likeness (QED) is 0.0321. The van der Waals surface area contributed by atoms with Crippen LogP contribution in [0.25, 0.3) is 0 Å². The SMILES string of the molecule is CCCCC/C=C\C/C=C\CCCCCCCC(=O)OCCCCCCCCCCCCCCCCCCCCC(=O)NC(CO)C(O)CCCCCCCCCCCCCCCCCCCCCC. The number of hydrogen-bond acceptors (Lipinski definition) is 5. The van der Waals surface area contributed by atoms with Gasteiger partial charge in [-0.15, -0.1) is 0 Å². The number of ether oxygens (including phenoxy) is 1. The fourth-order valence-electron chi connectivity index (χ4n) is 9.91. The van der Waals surface area contributed by atoms with Crippen LogP contribution in [0.5, 0.6) is 0 Å². The van der Waals surface area contributed by atoms with Crippen molar-refractivity contribution in [3.05, 3.63) is 24.3 Å². The van der Waals surface area contributed by atoms with Crippen molar-refractivity contribution in [2.24, 2.45) is 0 Å². The van der Waals surface area contributed by atoms with Gasteiger partial charge in [0, 0.05) is 12.8 Å². The Bertz CT molecular complexity index is 1090.